The van der Waals surface area contributed by atoms with Gasteiger partial charge in [-0.3, -0.25) is 0 Å². The molecule has 0 aliphatic carbocycles. The average Bonchev–Trinajstić information content (AvgIpc) is 3.52. The summed E-state index contributed by atoms with van der Waals surface area (Å²) in [6.45, 7) is 0. The molecule has 0 saturated carbocycles. The van der Waals surface area contributed by atoms with Crippen LogP contribution in [0, 0.1) is 0 Å². The van der Waals surface area contributed by atoms with Gasteiger partial charge in [0, 0.05) is 34.0 Å². The number of benzene rings is 8. The maximum atomic E-state index is 6.69. The zero-order chi connectivity index (χ0) is 31.6. The minimum atomic E-state index is 0.780. The van der Waals surface area contributed by atoms with Crippen LogP contribution in [0.5, 0.6) is 11.5 Å². The summed E-state index contributed by atoms with van der Waals surface area (Å²) in [5, 5.41) is 6.99. The Morgan fingerprint density at radius 2 is 1.10 bits per heavy atom. The van der Waals surface area contributed by atoms with Gasteiger partial charge in [0.2, 0.25) is 0 Å². The first-order valence-corrected chi connectivity index (χ1v) is 16.2. The van der Waals surface area contributed by atoms with Crippen LogP contribution in [-0.2, 0) is 0 Å². The van der Waals surface area contributed by atoms with Gasteiger partial charge in [-0.2, -0.15) is 0 Å². The Hall–Kier alpha value is -6.52. The minimum absolute atomic E-state index is 0.780. The van der Waals surface area contributed by atoms with E-state index in [1.807, 2.05) is 24.3 Å². The molecular weight excluding hydrogens is 588 g/mol. The molecule has 4 heteroatoms. The van der Waals surface area contributed by atoms with Gasteiger partial charge in [0.05, 0.1) is 28.4 Å². The molecular formula is C44H28N2O2. The summed E-state index contributed by atoms with van der Waals surface area (Å²) in [4.78, 5) is 4.60. The normalized spacial score (nSPS) is 12.3. The van der Waals surface area contributed by atoms with E-state index in [0.29, 0.717) is 0 Å². The molecule has 4 nitrogen and oxygen atoms in total. The third kappa shape index (κ3) is 4.16. The maximum Gasteiger partial charge on any atom is 0.153 e. The third-order valence-corrected chi connectivity index (χ3v) is 9.39. The van der Waals surface area contributed by atoms with E-state index in [1.54, 1.807) is 0 Å². The molecule has 0 fully saturated rings. The summed E-state index contributed by atoms with van der Waals surface area (Å²) in [6.07, 6.45) is 0. The van der Waals surface area contributed by atoms with Crippen molar-refractivity contribution in [1.82, 2.24) is 0 Å². The van der Waals surface area contributed by atoms with Crippen LogP contribution in [0.3, 0.4) is 0 Å². The number of hydrogen-bond donors (Lipinski definition) is 0. The Labute approximate surface area is 277 Å². The Kier molecular flexibility index (Phi) is 5.84. The molecule has 0 N–H and O–H groups in total. The van der Waals surface area contributed by atoms with Crippen molar-refractivity contribution in [3.05, 3.63) is 170 Å². The molecule has 2 heterocycles. The van der Waals surface area contributed by atoms with Crippen molar-refractivity contribution in [1.29, 1.82) is 0 Å². The number of anilines is 6. The van der Waals surface area contributed by atoms with Crippen LogP contribution in [0.25, 0.3) is 43.5 Å². The van der Waals surface area contributed by atoms with Crippen molar-refractivity contribution in [2.24, 2.45) is 0 Å². The zero-order valence-electron chi connectivity index (χ0n) is 25.9. The molecule has 0 amide bonds. The van der Waals surface area contributed by atoms with E-state index >= 15 is 0 Å². The Morgan fingerprint density at radius 1 is 0.417 bits per heavy atom. The van der Waals surface area contributed by atoms with Crippen molar-refractivity contribution < 1.29 is 9.15 Å². The molecule has 1 aliphatic heterocycles. The topological polar surface area (TPSA) is 28.9 Å². The minimum Gasteiger partial charge on any atom is -0.456 e. The predicted octanol–water partition coefficient (Wildman–Crippen LogP) is 12.9. The van der Waals surface area contributed by atoms with E-state index in [1.165, 1.54) is 21.5 Å². The van der Waals surface area contributed by atoms with Gasteiger partial charge in [-0.05, 0) is 76.8 Å². The van der Waals surface area contributed by atoms with E-state index in [0.717, 1.165) is 67.6 Å². The van der Waals surface area contributed by atoms with Crippen LogP contribution in [0.4, 0.5) is 34.1 Å². The summed E-state index contributed by atoms with van der Waals surface area (Å²) in [7, 11) is 0. The Balaban J connectivity index is 1.16. The van der Waals surface area contributed by atoms with E-state index < -0.39 is 0 Å². The molecule has 0 radical (unpaired) electrons. The van der Waals surface area contributed by atoms with Gasteiger partial charge in [0.25, 0.3) is 0 Å². The third-order valence-electron chi connectivity index (χ3n) is 9.39. The van der Waals surface area contributed by atoms with Gasteiger partial charge in [-0.15, -0.1) is 0 Å². The molecule has 226 valence electrons. The van der Waals surface area contributed by atoms with Crippen LogP contribution in [0.15, 0.2) is 174 Å². The standard InChI is InChI=1S/C44H28N2O2/c1-2-12-31-26-32(21-20-29(31)10-1)45(38-17-9-13-30-11-3-4-14-35(30)38)33-23-25-40-44(28-33)48-42-19-8-6-16-39(42)46(40)34-22-24-37-36-15-5-7-18-41(36)47-43(37)27-34/h1-28H. The second-order valence-corrected chi connectivity index (χ2v) is 12.2. The Bertz CT molecular complexity index is 2690. The summed E-state index contributed by atoms with van der Waals surface area (Å²) < 4.78 is 13.0. The second-order valence-electron chi connectivity index (χ2n) is 12.2. The van der Waals surface area contributed by atoms with Crippen molar-refractivity contribution in [3.8, 4) is 11.5 Å². The first-order chi connectivity index (χ1) is 23.8. The lowest BCUT2D eigenvalue weighted by Gasteiger charge is -2.34. The Morgan fingerprint density at radius 3 is 2.04 bits per heavy atom. The number of ether oxygens (including phenoxy) is 1. The molecule has 0 saturated heterocycles. The maximum absolute atomic E-state index is 6.69. The van der Waals surface area contributed by atoms with Crippen LogP contribution >= 0.6 is 0 Å². The first-order valence-electron chi connectivity index (χ1n) is 16.2. The van der Waals surface area contributed by atoms with E-state index in [-0.39, 0.29) is 0 Å². The van der Waals surface area contributed by atoms with Crippen molar-refractivity contribution >= 4 is 77.6 Å². The van der Waals surface area contributed by atoms with Crippen LogP contribution in [0.1, 0.15) is 0 Å². The number of nitrogens with zero attached hydrogens (tertiary/aromatic N) is 2. The van der Waals surface area contributed by atoms with Gasteiger partial charge in [-0.25, -0.2) is 0 Å². The molecule has 9 aromatic rings. The molecule has 1 aromatic heterocycles. The highest BCUT2D eigenvalue weighted by Gasteiger charge is 2.28. The largest absolute Gasteiger partial charge is 0.456 e. The van der Waals surface area contributed by atoms with E-state index in [4.69, 9.17) is 9.15 Å². The molecule has 0 bridgehead atoms. The highest BCUT2D eigenvalue weighted by Crippen LogP contribution is 2.53. The first kappa shape index (κ1) is 26.7. The van der Waals surface area contributed by atoms with Gasteiger partial charge in [0.15, 0.2) is 11.5 Å². The lowest BCUT2D eigenvalue weighted by atomic mass is 10.0. The highest BCUT2D eigenvalue weighted by atomic mass is 16.5. The smallest absolute Gasteiger partial charge is 0.153 e. The molecule has 1 aliphatic rings. The summed E-state index contributed by atoms with van der Waals surface area (Å²) >= 11 is 0. The van der Waals surface area contributed by atoms with E-state index in [9.17, 15) is 0 Å². The van der Waals surface area contributed by atoms with Crippen molar-refractivity contribution in [2.75, 3.05) is 9.80 Å². The summed E-state index contributed by atoms with van der Waals surface area (Å²) in [6, 6.07) is 59.6. The molecule has 10 rings (SSSR count). The average molecular weight is 617 g/mol. The van der Waals surface area contributed by atoms with Gasteiger partial charge in [0.1, 0.15) is 11.2 Å². The molecule has 0 spiro atoms. The van der Waals surface area contributed by atoms with E-state index in [2.05, 4.69) is 155 Å². The predicted molar refractivity (Wildman–Crippen MR) is 198 cm³/mol. The molecule has 0 unspecified atom stereocenters. The SMILES string of the molecule is c1ccc2c(c1)Oc1cc(N(c3ccc4ccccc4c3)c3cccc4ccccc34)ccc1N2c1ccc2c(c1)oc1ccccc12. The zero-order valence-corrected chi connectivity index (χ0v) is 25.9. The molecule has 8 aromatic carbocycles. The van der Waals surface area contributed by atoms with Crippen molar-refractivity contribution in [3.63, 3.8) is 0 Å². The quantitative estimate of drug-likeness (QED) is 0.197. The lowest BCUT2D eigenvalue weighted by Crippen LogP contribution is -2.17. The van der Waals surface area contributed by atoms with Gasteiger partial charge in [-0.1, -0.05) is 97.1 Å². The summed E-state index contributed by atoms with van der Waals surface area (Å²) in [5.74, 6) is 1.58. The number of rotatable bonds is 4. The number of furan rings is 1. The summed E-state index contributed by atoms with van der Waals surface area (Å²) in [5.41, 5.74) is 7.88. The molecule has 0 atom stereocenters. The fraction of sp³-hybridized carbons (Fsp3) is 0. The van der Waals surface area contributed by atoms with Gasteiger partial charge >= 0.3 is 0 Å². The monoisotopic (exact) mass is 616 g/mol. The lowest BCUT2D eigenvalue weighted by molar-refractivity contribution is 0.477. The number of para-hydroxylation sites is 3. The molecule has 48 heavy (non-hydrogen) atoms. The van der Waals surface area contributed by atoms with Crippen molar-refractivity contribution in [2.45, 2.75) is 0 Å². The highest BCUT2D eigenvalue weighted by molar-refractivity contribution is 6.06. The fourth-order valence-electron chi connectivity index (χ4n) is 7.16. The number of fused-ring (bicyclic) bond motifs is 7. The van der Waals surface area contributed by atoms with Crippen LogP contribution < -0.4 is 14.5 Å². The van der Waals surface area contributed by atoms with Crippen LogP contribution in [0.2, 0.25) is 0 Å². The fourth-order valence-corrected chi connectivity index (χ4v) is 7.16. The van der Waals surface area contributed by atoms with Gasteiger partial charge < -0.3 is 19.0 Å². The number of hydrogen-bond acceptors (Lipinski definition) is 4. The second kappa shape index (κ2) is 10.5. The van der Waals surface area contributed by atoms with Crippen LogP contribution in [-0.4, -0.2) is 0 Å².